The lowest BCUT2D eigenvalue weighted by molar-refractivity contribution is 0.178. The van der Waals surface area contributed by atoms with Crippen LogP contribution in [-0.2, 0) is 0 Å². The Kier molecular flexibility index (Phi) is 2.15. The number of hydrogen-bond acceptors (Lipinski definition) is 2. The van der Waals surface area contributed by atoms with E-state index in [2.05, 4.69) is 5.32 Å². The van der Waals surface area contributed by atoms with E-state index in [-0.39, 0.29) is 6.03 Å². The van der Waals surface area contributed by atoms with Gasteiger partial charge in [0.2, 0.25) is 0 Å². The zero-order valence-corrected chi connectivity index (χ0v) is 8.29. The summed E-state index contributed by atoms with van der Waals surface area (Å²) < 4.78 is 0. The molecule has 0 radical (unpaired) electrons. The topological polar surface area (TPSA) is 35.6 Å². The molecule has 2 amide bonds. The summed E-state index contributed by atoms with van der Waals surface area (Å²) in [7, 11) is 3.63. The minimum Gasteiger partial charge on any atom is -0.331 e. The minimum atomic E-state index is 0.161. The summed E-state index contributed by atoms with van der Waals surface area (Å²) in [5, 5.41) is 3.36. The van der Waals surface area contributed by atoms with E-state index < -0.39 is 0 Å². The van der Waals surface area contributed by atoms with Crippen molar-refractivity contribution < 1.29 is 4.79 Å². The highest BCUT2D eigenvalue weighted by atomic mass is 16.2. The van der Waals surface area contributed by atoms with Crippen LogP contribution < -0.4 is 5.32 Å². The molecule has 0 unspecified atom stereocenters. The Bertz CT molecular complexity index is 205. The maximum Gasteiger partial charge on any atom is 0.319 e. The van der Waals surface area contributed by atoms with Gasteiger partial charge in [0.25, 0.3) is 0 Å². The molecule has 0 spiro atoms. The van der Waals surface area contributed by atoms with Gasteiger partial charge in [-0.1, -0.05) is 0 Å². The van der Waals surface area contributed by atoms with Crippen molar-refractivity contribution in [2.45, 2.75) is 0 Å². The van der Waals surface area contributed by atoms with Crippen molar-refractivity contribution in [3.8, 4) is 0 Å². The van der Waals surface area contributed by atoms with Gasteiger partial charge in [-0.25, -0.2) is 4.79 Å². The molecule has 0 aliphatic carbocycles. The van der Waals surface area contributed by atoms with Crippen LogP contribution >= 0.6 is 0 Å². The standard InChI is InChI=1S/C9H17N3O/c1-11(2)9(13)12-5-7-3-10-4-8(7)6-12/h7-8,10H,3-6H2,1-2H3/t7-,8+. The van der Waals surface area contributed by atoms with Crippen LogP contribution in [0, 0.1) is 11.8 Å². The maximum absolute atomic E-state index is 11.6. The molecule has 0 bridgehead atoms. The van der Waals surface area contributed by atoms with Crippen molar-refractivity contribution in [2.75, 3.05) is 40.3 Å². The first-order chi connectivity index (χ1) is 6.18. The number of urea groups is 1. The summed E-state index contributed by atoms with van der Waals surface area (Å²) in [5.74, 6) is 1.40. The Balaban J connectivity index is 1.95. The molecule has 74 valence electrons. The second-order valence-electron chi connectivity index (χ2n) is 4.26. The Labute approximate surface area is 78.9 Å². The smallest absolute Gasteiger partial charge is 0.319 e. The van der Waals surface area contributed by atoms with E-state index in [4.69, 9.17) is 0 Å². The Morgan fingerprint density at radius 1 is 1.31 bits per heavy atom. The molecule has 0 aromatic heterocycles. The van der Waals surface area contributed by atoms with Crippen LogP contribution in [0.5, 0.6) is 0 Å². The number of nitrogens with one attached hydrogen (secondary N) is 1. The third-order valence-corrected chi connectivity index (χ3v) is 3.04. The molecule has 2 aliphatic heterocycles. The first-order valence-electron chi connectivity index (χ1n) is 4.85. The van der Waals surface area contributed by atoms with Crippen LogP contribution in [0.4, 0.5) is 4.79 Å². The van der Waals surface area contributed by atoms with Crippen LogP contribution in [-0.4, -0.2) is 56.1 Å². The molecule has 4 heteroatoms. The summed E-state index contributed by atoms with van der Waals surface area (Å²) >= 11 is 0. The van der Waals surface area contributed by atoms with E-state index in [1.165, 1.54) is 0 Å². The molecule has 2 fully saturated rings. The molecule has 0 aromatic carbocycles. The third-order valence-electron chi connectivity index (χ3n) is 3.04. The van der Waals surface area contributed by atoms with Crippen LogP contribution in [0.15, 0.2) is 0 Å². The number of nitrogens with zero attached hydrogens (tertiary/aromatic N) is 2. The van der Waals surface area contributed by atoms with Gasteiger partial charge in [-0.05, 0) is 11.8 Å². The lowest BCUT2D eigenvalue weighted by atomic mass is 10.0. The van der Waals surface area contributed by atoms with Crippen LogP contribution in [0.25, 0.3) is 0 Å². The van der Waals surface area contributed by atoms with Gasteiger partial charge in [-0.15, -0.1) is 0 Å². The van der Waals surface area contributed by atoms with Crippen molar-refractivity contribution >= 4 is 6.03 Å². The number of amides is 2. The SMILES string of the molecule is CN(C)C(=O)N1C[C@H]2CNC[C@H]2C1. The molecule has 1 N–H and O–H groups in total. The molecule has 2 atom stereocenters. The fraction of sp³-hybridized carbons (Fsp3) is 0.889. The molecular weight excluding hydrogens is 166 g/mol. The number of rotatable bonds is 0. The molecule has 4 nitrogen and oxygen atoms in total. The zero-order chi connectivity index (χ0) is 9.42. The lowest BCUT2D eigenvalue weighted by Crippen LogP contribution is -2.39. The van der Waals surface area contributed by atoms with Crippen molar-refractivity contribution in [1.82, 2.24) is 15.1 Å². The van der Waals surface area contributed by atoms with Gasteiger partial charge in [-0.2, -0.15) is 0 Å². The number of hydrogen-bond donors (Lipinski definition) is 1. The molecular formula is C9H17N3O. The van der Waals surface area contributed by atoms with Crippen LogP contribution in [0.3, 0.4) is 0 Å². The molecule has 2 rings (SSSR count). The zero-order valence-electron chi connectivity index (χ0n) is 8.29. The van der Waals surface area contributed by atoms with E-state index in [1.807, 2.05) is 19.0 Å². The van der Waals surface area contributed by atoms with E-state index in [0.29, 0.717) is 11.8 Å². The summed E-state index contributed by atoms with van der Waals surface area (Å²) in [6.07, 6.45) is 0. The molecule has 2 saturated heterocycles. The van der Waals surface area contributed by atoms with Crippen LogP contribution in [0.1, 0.15) is 0 Å². The fourth-order valence-corrected chi connectivity index (χ4v) is 2.29. The highest BCUT2D eigenvalue weighted by Gasteiger charge is 2.38. The van der Waals surface area contributed by atoms with Gasteiger partial charge in [0, 0.05) is 40.3 Å². The largest absolute Gasteiger partial charge is 0.331 e. The van der Waals surface area contributed by atoms with E-state index in [1.54, 1.807) is 4.90 Å². The summed E-state index contributed by atoms with van der Waals surface area (Å²) in [4.78, 5) is 15.2. The highest BCUT2D eigenvalue weighted by Crippen LogP contribution is 2.26. The van der Waals surface area contributed by atoms with E-state index >= 15 is 0 Å². The minimum absolute atomic E-state index is 0.161. The first kappa shape index (κ1) is 8.81. The van der Waals surface area contributed by atoms with Gasteiger partial charge in [-0.3, -0.25) is 0 Å². The number of carbonyl (C=O) groups excluding carboxylic acids is 1. The van der Waals surface area contributed by atoms with Crippen molar-refractivity contribution in [2.24, 2.45) is 11.8 Å². The summed E-state index contributed by atoms with van der Waals surface area (Å²) in [5.41, 5.74) is 0. The van der Waals surface area contributed by atoms with Gasteiger partial charge < -0.3 is 15.1 Å². The van der Waals surface area contributed by atoms with E-state index in [0.717, 1.165) is 26.2 Å². The van der Waals surface area contributed by atoms with E-state index in [9.17, 15) is 4.79 Å². The number of fused-ring (bicyclic) bond motifs is 1. The summed E-state index contributed by atoms with van der Waals surface area (Å²) in [6.45, 7) is 4.05. The fourth-order valence-electron chi connectivity index (χ4n) is 2.29. The molecule has 2 aliphatic rings. The Morgan fingerprint density at radius 2 is 1.85 bits per heavy atom. The normalized spacial score (nSPS) is 32.0. The van der Waals surface area contributed by atoms with Gasteiger partial charge in [0.15, 0.2) is 0 Å². The van der Waals surface area contributed by atoms with Crippen molar-refractivity contribution in [1.29, 1.82) is 0 Å². The van der Waals surface area contributed by atoms with Crippen molar-refractivity contribution in [3.63, 3.8) is 0 Å². The monoisotopic (exact) mass is 183 g/mol. The maximum atomic E-state index is 11.6. The first-order valence-corrected chi connectivity index (χ1v) is 4.85. The lowest BCUT2D eigenvalue weighted by Gasteiger charge is -2.21. The molecule has 2 heterocycles. The van der Waals surface area contributed by atoms with Gasteiger partial charge in [0.1, 0.15) is 0 Å². The molecule has 0 saturated carbocycles. The highest BCUT2D eigenvalue weighted by molar-refractivity contribution is 5.74. The average molecular weight is 183 g/mol. The Hall–Kier alpha value is -0.770. The second kappa shape index (κ2) is 3.18. The van der Waals surface area contributed by atoms with Gasteiger partial charge in [0.05, 0.1) is 0 Å². The number of likely N-dealkylation sites (tertiary alicyclic amines) is 1. The predicted molar refractivity (Wildman–Crippen MR) is 50.5 cm³/mol. The van der Waals surface area contributed by atoms with Crippen LogP contribution in [0.2, 0.25) is 0 Å². The van der Waals surface area contributed by atoms with Gasteiger partial charge >= 0.3 is 6.03 Å². The quantitative estimate of drug-likeness (QED) is 0.565. The summed E-state index contributed by atoms with van der Waals surface area (Å²) in [6, 6.07) is 0.161. The predicted octanol–water partition coefficient (Wildman–Crippen LogP) is -0.181. The Morgan fingerprint density at radius 3 is 2.31 bits per heavy atom. The number of carbonyl (C=O) groups is 1. The molecule has 0 aromatic rings. The molecule has 13 heavy (non-hydrogen) atoms. The third kappa shape index (κ3) is 1.50. The average Bonchev–Trinajstić information content (AvgIpc) is 2.59. The second-order valence-corrected chi connectivity index (χ2v) is 4.26. The van der Waals surface area contributed by atoms with Crippen molar-refractivity contribution in [3.05, 3.63) is 0 Å².